The average Bonchev–Trinajstić information content (AvgIpc) is 2.99. The Morgan fingerprint density at radius 2 is 2.00 bits per heavy atom. The van der Waals surface area contributed by atoms with Gasteiger partial charge < -0.3 is 9.47 Å². The summed E-state index contributed by atoms with van der Waals surface area (Å²) in [6.45, 7) is 1.92. The fraction of sp³-hybridized carbons (Fsp3) is 0.222. The van der Waals surface area contributed by atoms with Crippen molar-refractivity contribution in [1.82, 2.24) is 4.37 Å². The number of esters is 1. The van der Waals surface area contributed by atoms with E-state index in [2.05, 4.69) is 4.37 Å². The smallest absolute Gasteiger partial charge is 0.416 e. The summed E-state index contributed by atoms with van der Waals surface area (Å²) in [4.78, 5) is 11.7. The number of alkyl halides is 3. The van der Waals surface area contributed by atoms with Crippen molar-refractivity contribution in [2.24, 2.45) is 0 Å². The maximum atomic E-state index is 14.1. The quantitative estimate of drug-likeness (QED) is 0.365. The number of hydrogen-bond donors (Lipinski definition) is 0. The monoisotopic (exact) mass is 433 g/mol. The zero-order valence-corrected chi connectivity index (χ0v) is 15.8. The average molecular weight is 434 g/mol. The molecule has 0 aliphatic rings. The highest BCUT2D eigenvalue weighted by Crippen LogP contribution is 2.39. The molecule has 0 aliphatic heterocycles. The Hall–Kier alpha value is -2.39. The number of carbonyl (C=O) groups is 1. The van der Waals surface area contributed by atoms with Crippen molar-refractivity contribution in [2.45, 2.75) is 19.5 Å². The Morgan fingerprint density at radius 3 is 2.64 bits per heavy atom. The summed E-state index contributed by atoms with van der Waals surface area (Å²) < 4.78 is 67.6. The van der Waals surface area contributed by atoms with Crippen LogP contribution in [0, 0.1) is 5.82 Å². The second kappa shape index (κ2) is 7.92. The highest BCUT2D eigenvalue weighted by molar-refractivity contribution is 7.13. The number of nitrogens with zero attached hydrogens (tertiary/aromatic N) is 1. The van der Waals surface area contributed by atoms with E-state index in [4.69, 9.17) is 21.1 Å². The van der Waals surface area contributed by atoms with E-state index in [9.17, 15) is 22.4 Å². The van der Waals surface area contributed by atoms with Gasteiger partial charge in [0.15, 0.2) is 11.6 Å². The van der Waals surface area contributed by atoms with Gasteiger partial charge in [-0.1, -0.05) is 11.6 Å². The summed E-state index contributed by atoms with van der Waals surface area (Å²) >= 11 is 6.95. The van der Waals surface area contributed by atoms with Gasteiger partial charge in [-0.3, -0.25) is 4.79 Å². The Kier molecular flexibility index (Phi) is 5.76. The fourth-order valence-electron chi connectivity index (χ4n) is 2.45. The van der Waals surface area contributed by atoms with Crippen LogP contribution in [-0.2, 0) is 22.1 Å². The predicted molar refractivity (Wildman–Crippen MR) is 96.4 cm³/mol. The van der Waals surface area contributed by atoms with Crippen LogP contribution in [0.3, 0.4) is 0 Å². The molecule has 28 heavy (non-hydrogen) atoms. The molecule has 0 amide bonds. The van der Waals surface area contributed by atoms with E-state index >= 15 is 0 Å². The van der Waals surface area contributed by atoms with E-state index in [0.29, 0.717) is 23.2 Å². The van der Waals surface area contributed by atoms with Crippen LogP contribution in [0.5, 0.6) is 11.5 Å². The van der Waals surface area contributed by atoms with Crippen molar-refractivity contribution in [2.75, 3.05) is 6.61 Å². The number of rotatable bonds is 5. The highest BCUT2D eigenvalue weighted by Gasteiger charge is 2.32. The van der Waals surface area contributed by atoms with Crippen LogP contribution in [-0.4, -0.2) is 16.9 Å². The van der Waals surface area contributed by atoms with Crippen molar-refractivity contribution < 1.29 is 31.8 Å². The van der Waals surface area contributed by atoms with Gasteiger partial charge in [-0.2, -0.15) is 17.5 Å². The first kappa shape index (κ1) is 20.3. The van der Waals surface area contributed by atoms with Gasteiger partial charge in [-0.25, -0.2) is 4.39 Å². The summed E-state index contributed by atoms with van der Waals surface area (Å²) in [5.74, 6) is -2.07. The molecule has 0 aliphatic carbocycles. The van der Waals surface area contributed by atoms with Gasteiger partial charge in [0.25, 0.3) is 0 Å². The Bertz CT molecular complexity index is 1010. The fourth-order valence-corrected chi connectivity index (χ4v) is 3.47. The minimum Gasteiger partial charge on any atom is -0.466 e. The molecule has 0 fully saturated rings. The summed E-state index contributed by atoms with van der Waals surface area (Å²) in [5, 5.41) is 0.0848. The minimum atomic E-state index is -4.73. The Labute approximate surface area is 165 Å². The lowest BCUT2D eigenvalue weighted by Gasteiger charge is -2.12. The van der Waals surface area contributed by atoms with Gasteiger partial charge in [0.1, 0.15) is 5.75 Å². The Balaban J connectivity index is 1.92. The largest absolute Gasteiger partial charge is 0.466 e. The van der Waals surface area contributed by atoms with E-state index in [1.807, 2.05) is 0 Å². The molecule has 0 saturated carbocycles. The van der Waals surface area contributed by atoms with Gasteiger partial charge in [0.05, 0.1) is 34.0 Å². The SMILES string of the molecule is CCOC(=O)Cc1nsc2ccc(Oc3c(F)cc(C(F)(F)F)cc3Cl)cc12. The third-order valence-corrected chi connectivity index (χ3v) is 4.82. The number of ether oxygens (including phenoxy) is 2. The lowest BCUT2D eigenvalue weighted by atomic mass is 10.1. The van der Waals surface area contributed by atoms with Crippen LogP contribution < -0.4 is 4.74 Å². The van der Waals surface area contributed by atoms with Crippen LogP contribution in [0.25, 0.3) is 10.1 Å². The van der Waals surface area contributed by atoms with E-state index < -0.39 is 34.3 Å². The van der Waals surface area contributed by atoms with Crippen LogP contribution in [0.4, 0.5) is 17.6 Å². The van der Waals surface area contributed by atoms with E-state index in [1.165, 1.54) is 12.1 Å². The summed E-state index contributed by atoms with van der Waals surface area (Å²) in [6, 6.07) is 5.57. The molecular formula is C18H12ClF4NO3S. The van der Waals surface area contributed by atoms with Crippen LogP contribution >= 0.6 is 23.1 Å². The number of aromatic nitrogens is 1. The topological polar surface area (TPSA) is 48.4 Å². The molecule has 1 heterocycles. The molecule has 0 saturated heterocycles. The molecule has 0 atom stereocenters. The van der Waals surface area contributed by atoms with E-state index in [-0.39, 0.29) is 18.8 Å². The van der Waals surface area contributed by atoms with Crippen molar-refractivity contribution in [1.29, 1.82) is 0 Å². The molecule has 148 valence electrons. The molecule has 1 aromatic heterocycles. The van der Waals surface area contributed by atoms with Gasteiger partial charge in [-0.15, -0.1) is 0 Å². The number of fused-ring (bicyclic) bond motifs is 1. The number of halogens is 5. The summed E-state index contributed by atoms with van der Waals surface area (Å²) in [7, 11) is 0. The molecule has 0 radical (unpaired) electrons. The second-order valence-electron chi connectivity index (χ2n) is 5.64. The Morgan fingerprint density at radius 1 is 1.25 bits per heavy atom. The molecule has 0 spiro atoms. The van der Waals surface area contributed by atoms with Gasteiger partial charge >= 0.3 is 12.1 Å². The lowest BCUT2D eigenvalue weighted by Crippen LogP contribution is -2.07. The summed E-state index contributed by atoms with van der Waals surface area (Å²) in [5.41, 5.74) is -0.751. The molecule has 3 rings (SSSR count). The highest BCUT2D eigenvalue weighted by atomic mass is 35.5. The van der Waals surface area contributed by atoms with Crippen molar-refractivity contribution >= 4 is 39.2 Å². The summed E-state index contributed by atoms with van der Waals surface area (Å²) in [6.07, 6.45) is -4.78. The van der Waals surface area contributed by atoms with E-state index in [0.717, 1.165) is 16.2 Å². The zero-order chi connectivity index (χ0) is 20.5. The molecule has 0 bridgehead atoms. The first-order valence-corrected chi connectivity index (χ1v) is 9.12. The van der Waals surface area contributed by atoms with Crippen molar-refractivity contribution in [3.8, 4) is 11.5 Å². The van der Waals surface area contributed by atoms with Gasteiger partial charge in [0.2, 0.25) is 0 Å². The molecule has 3 aromatic rings. The normalized spacial score (nSPS) is 11.6. The number of benzene rings is 2. The maximum absolute atomic E-state index is 14.1. The first-order chi connectivity index (χ1) is 13.2. The van der Waals surface area contributed by atoms with Crippen molar-refractivity contribution in [3.63, 3.8) is 0 Å². The van der Waals surface area contributed by atoms with Gasteiger partial charge in [0, 0.05) is 5.39 Å². The van der Waals surface area contributed by atoms with Crippen LogP contribution in [0.15, 0.2) is 30.3 Å². The molecule has 10 heteroatoms. The minimum absolute atomic E-state index is 0.0489. The molecular weight excluding hydrogens is 422 g/mol. The molecule has 0 unspecified atom stereocenters. The second-order valence-corrected chi connectivity index (χ2v) is 6.85. The zero-order valence-electron chi connectivity index (χ0n) is 14.3. The third-order valence-electron chi connectivity index (χ3n) is 3.68. The number of hydrogen-bond acceptors (Lipinski definition) is 5. The first-order valence-electron chi connectivity index (χ1n) is 7.97. The third kappa shape index (κ3) is 4.36. The van der Waals surface area contributed by atoms with Crippen LogP contribution in [0.2, 0.25) is 5.02 Å². The lowest BCUT2D eigenvalue weighted by molar-refractivity contribution is -0.142. The van der Waals surface area contributed by atoms with Crippen molar-refractivity contribution in [3.05, 3.63) is 52.4 Å². The molecule has 4 nitrogen and oxygen atoms in total. The standard InChI is InChI=1S/C18H12ClF4NO3S/c1-2-26-16(25)8-14-11-7-10(3-4-15(11)28-24-14)27-17-12(19)5-9(6-13(17)20)18(21,22)23/h3-7H,2,8H2,1H3. The predicted octanol–water partition coefficient (Wildman–Crippen LogP) is 6.01. The number of carbonyl (C=O) groups excluding carboxylic acids is 1. The molecule has 0 N–H and O–H groups in total. The molecule has 2 aromatic carbocycles. The van der Waals surface area contributed by atoms with Gasteiger partial charge in [-0.05, 0) is 48.8 Å². The maximum Gasteiger partial charge on any atom is 0.416 e. The van der Waals surface area contributed by atoms with E-state index in [1.54, 1.807) is 13.0 Å². The van der Waals surface area contributed by atoms with Crippen LogP contribution in [0.1, 0.15) is 18.2 Å².